The Bertz CT molecular complexity index is 1660. The number of carbonyl (C=O) groups is 3. The number of para-hydroxylation sites is 2. The SMILES string of the molecule is COC(=O)N(c1ccccc1N(C(=O)CCCCCC(N)=O)c1ccc(OC)nc1OC)C1c2ccccc2-c2ccccc21. The van der Waals surface area contributed by atoms with E-state index < -0.39 is 12.1 Å². The first kappa shape index (κ1) is 31.1. The largest absolute Gasteiger partial charge is 0.481 e. The highest BCUT2D eigenvalue weighted by Crippen LogP contribution is 2.50. The van der Waals surface area contributed by atoms with Crippen molar-refractivity contribution in [1.29, 1.82) is 0 Å². The summed E-state index contributed by atoms with van der Waals surface area (Å²) >= 11 is 0. The maximum atomic E-state index is 14.2. The van der Waals surface area contributed by atoms with Crippen LogP contribution in [0.1, 0.15) is 49.3 Å². The Morgan fingerprint density at radius 1 is 0.711 bits per heavy atom. The van der Waals surface area contributed by atoms with E-state index in [1.807, 2.05) is 54.6 Å². The second-order valence-corrected chi connectivity index (χ2v) is 10.5. The van der Waals surface area contributed by atoms with Crippen molar-refractivity contribution >= 4 is 35.0 Å². The number of rotatable bonds is 12. The minimum Gasteiger partial charge on any atom is -0.481 e. The number of nitrogens with two attached hydrogens (primary N) is 1. The van der Waals surface area contributed by atoms with Gasteiger partial charge in [0.25, 0.3) is 0 Å². The maximum Gasteiger partial charge on any atom is 0.414 e. The van der Waals surface area contributed by atoms with Gasteiger partial charge in [0.1, 0.15) is 5.69 Å². The van der Waals surface area contributed by atoms with Crippen LogP contribution in [0.2, 0.25) is 0 Å². The first-order valence-electron chi connectivity index (χ1n) is 14.7. The van der Waals surface area contributed by atoms with Crippen molar-refractivity contribution in [1.82, 2.24) is 4.98 Å². The molecular weight excluding hydrogens is 572 g/mol. The van der Waals surface area contributed by atoms with E-state index in [0.717, 1.165) is 22.3 Å². The van der Waals surface area contributed by atoms with Gasteiger partial charge in [-0.05, 0) is 53.3 Å². The Labute approximate surface area is 262 Å². The fourth-order valence-electron chi connectivity index (χ4n) is 5.82. The van der Waals surface area contributed by atoms with Gasteiger partial charge in [0.15, 0.2) is 0 Å². The molecule has 0 radical (unpaired) electrons. The summed E-state index contributed by atoms with van der Waals surface area (Å²) in [5.74, 6) is -0.127. The van der Waals surface area contributed by atoms with Crippen molar-refractivity contribution in [2.45, 2.75) is 38.1 Å². The number of hydrogen-bond donors (Lipinski definition) is 1. The number of benzene rings is 3. The number of unbranched alkanes of at least 4 members (excludes halogenated alkanes) is 2. The summed E-state index contributed by atoms with van der Waals surface area (Å²) in [5, 5.41) is 0. The highest BCUT2D eigenvalue weighted by Gasteiger charge is 2.39. The number of nitrogens with zero attached hydrogens (tertiary/aromatic N) is 3. The van der Waals surface area contributed by atoms with Crippen molar-refractivity contribution in [3.05, 3.63) is 96.1 Å². The lowest BCUT2D eigenvalue weighted by Gasteiger charge is -2.34. The molecule has 0 bridgehead atoms. The number of hydrogen-bond acceptors (Lipinski definition) is 7. The molecule has 0 saturated heterocycles. The smallest absolute Gasteiger partial charge is 0.414 e. The summed E-state index contributed by atoms with van der Waals surface area (Å²) in [7, 11) is 4.31. The number of anilines is 3. The minimum atomic E-state index is -0.586. The van der Waals surface area contributed by atoms with Crippen LogP contribution in [-0.2, 0) is 14.3 Å². The van der Waals surface area contributed by atoms with Gasteiger partial charge in [-0.15, -0.1) is 0 Å². The highest BCUT2D eigenvalue weighted by atomic mass is 16.5. The Kier molecular flexibility index (Phi) is 9.62. The monoisotopic (exact) mass is 608 g/mol. The van der Waals surface area contributed by atoms with Crippen molar-refractivity contribution in [2.24, 2.45) is 5.73 Å². The van der Waals surface area contributed by atoms with Crippen molar-refractivity contribution in [3.8, 4) is 22.9 Å². The van der Waals surface area contributed by atoms with Gasteiger partial charge in [-0.2, -0.15) is 4.98 Å². The molecule has 3 aromatic carbocycles. The molecule has 4 aromatic rings. The molecule has 0 spiro atoms. The molecule has 232 valence electrons. The maximum absolute atomic E-state index is 14.2. The molecule has 10 heteroatoms. The van der Waals surface area contributed by atoms with E-state index in [9.17, 15) is 14.4 Å². The number of pyridine rings is 1. The van der Waals surface area contributed by atoms with Gasteiger partial charge in [-0.3, -0.25) is 19.4 Å². The van der Waals surface area contributed by atoms with Crippen LogP contribution in [0.5, 0.6) is 11.8 Å². The molecule has 1 aliphatic rings. The standard InChI is InChI=1S/C35H36N4O6/c1-43-31-22-21-29(34(37-31)44-2)38(32(41)20-6-4-5-19-30(36)40)27-17-11-12-18-28(27)39(35(42)45-3)33-25-15-9-7-13-23(25)24-14-8-10-16-26(24)33/h7-18,21-22,33H,4-6,19-20H2,1-3H3,(H2,36,40). The van der Waals surface area contributed by atoms with Crippen LogP contribution in [0.15, 0.2) is 84.9 Å². The van der Waals surface area contributed by atoms with Gasteiger partial charge < -0.3 is 19.9 Å². The number of carbonyl (C=O) groups excluding carboxylic acids is 3. The van der Waals surface area contributed by atoms with Gasteiger partial charge >= 0.3 is 6.09 Å². The Hall–Kier alpha value is -5.38. The Morgan fingerprint density at radius 2 is 1.31 bits per heavy atom. The average Bonchev–Trinajstić information content (AvgIpc) is 3.39. The van der Waals surface area contributed by atoms with E-state index in [-0.39, 0.29) is 30.5 Å². The predicted molar refractivity (Wildman–Crippen MR) is 172 cm³/mol. The molecule has 1 aromatic heterocycles. The molecule has 0 saturated carbocycles. The molecule has 0 atom stereocenters. The number of ether oxygens (including phenoxy) is 3. The lowest BCUT2D eigenvalue weighted by molar-refractivity contribution is -0.118. The highest BCUT2D eigenvalue weighted by molar-refractivity contribution is 6.07. The molecular formula is C35H36N4O6. The third-order valence-electron chi connectivity index (χ3n) is 7.83. The molecule has 1 heterocycles. The third kappa shape index (κ3) is 6.31. The molecule has 3 amide bonds. The first-order chi connectivity index (χ1) is 21.9. The molecule has 45 heavy (non-hydrogen) atoms. The number of methoxy groups -OCH3 is 3. The van der Waals surface area contributed by atoms with Crippen LogP contribution in [0.25, 0.3) is 11.1 Å². The van der Waals surface area contributed by atoms with Crippen LogP contribution in [0, 0.1) is 0 Å². The zero-order chi connectivity index (χ0) is 31.9. The topological polar surface area (TPSA) is 124 Å². The van der Waals surface area contributed by atoms with E-state index in [0.29, 0.717) is 42.2 Å². The second-order valence-electron chi connectivity index (χ2n) is 10.5. The second kappa shape index (κ2) is 13.9. The van der Waals surface area contributed by atoms with Crippen LogP contribution in [0.3, 0.4) is 0 Å². The Balaban J connectivity index is 1.65. The van der Waals surface area contributed by atoms with Gasteiger partial charge in [-0.1, -0.05) is 67.1 Å². The number of fused-ring (bicyclic) bond motifs is 3. The fraction of sp³-hybridized carbons (Fsp3) is 0.257. The van der Waals surface area contributed by atoms with E-state index >= 15 is 0 Å². The van der Waals surface area contributed by atoms with Crippen LogP contribution >= 0.6 is 0 Å². The molecule has 0 aliphatic heterocycles. The van der Waals surface area contributed by atoms with Crippen molar-refractivity contribution < 1.29 is 28.6 Å². The summed E-state index contributed by atoms with van der Waals surface area (Å²) in [6, 6.07) is 26.0. The summed E-state index contributed by atoms with van der Waals surface area (Å²) in [6.07, 6.45) is 1.60. The lowest BCUT2D eigenvalue weighted by atomic mass is 10.0. The van der Waals surface area contributed by atoms with Gasteiger partial charge in [0, 0.05) is 18.9 Å². The molecule has 0 unspecified atom stereocenters. The number of aromatic nitrogens is 1. The molecule has 5 rings (SSSR count). The molecule has 0 fully saturated rings. The first-order valence-corrected chi connectivity index (χ1v) is 14.7. The van der Waals surface area contributed by atoms with Gasteiger partial charge in [-0.25, -0.2) is 4.79 Å². The Morgan fingerprint density at radius 3 is 1.91 bits per heavy atom. The van der Waals surface area contributed by atoms with E-state index in [1.165, 1.54) is 26.2 Å². The van der Waals surface area contributed by atoms with Gasteiger partial charge in [0.05, 0.1) is 38.7 Å². The van der Waals surface area contributed by atoms with E-state index in [1.54, 1.807) is 35.2 Å². The van der Waals surface area contributed by atoms with E-state index in [4.69, 9.17) is 19.9 Å². The van der Waals surface area contributed by atoms with Crippen molar-refractivity contribution in [3.63, 3.8) is 0 Å². The molecule has 2 N–H and O–H groups in total. The van der Waals surface area contributed by atoms with Crippen molar-refractivity contribution in [2.75, 3.05) is 31.1 Å². The van der Waals surface area contributed by atoms with Crippen LogP contribution in [-0.4, -0.2) is 44.2 Å². The number of amides is 3. The summed E-state index contributed by atoms with van der Waals surface area (Å²) in [5.41, 5.74) is 10.5. The van der Waals surface area contributed by atoms with Crippen LogP contribution in [0.4, 0.5) is 21.9 Å². The van der Waals surface area contributed by atoms with E-state index in [2.05, 4.69) is 4.98 Å². The summed E-state index contributed by atoms with van der Waals surface area (Å²) in [4.78, 5) is 46.8. The normalized spacial score (nSPS) is 11.7. The lowest BCUT2D eigenvalue weighted by Crippen LogP contribution is -2.37. The zero-order valence-corrected chi connectivity index (χ0v) is 25.6. The predicted octanol–water partition coefficient (Wildman–Crippen LogP) is 6.54. The average molecular weight is 609 g/mol. The fourth-order valence-corrected chi connectivity index (χ4v) is 5.82. The number of primary amides is 1. The summed E-state index contributed by atoms with van der Waals surface area (Å²) in [6.45, 7) is 0. The quantitative estimate of drug-likeness (QED) is 0.181. The minimum absolute atomic E-state index is 0.162. The molecule has 10 nitrogen and oxygen atoms in total. The van der Waals surface area contributed by atoms with Gasteiger partial charge in [0.2, 0.25) is 23.6 Å². The zero-order valence-electron chi connectivity index (χ0n) is 25.6. The summed E-state index contributed by atoms with van der Waals surface area (Å²) < 4.78 is 16.3. The van der Waals surface area contributed by atoms with Crippen LogP contribution < -0.4 is 25.0 Å². The molecule has 1 aliphatic carbocycles. The third-order valence-corrected chi connectivity index (χ3v) is 7.83.